The van der Waals surface area contributed by atoms with Gasteiger partial charge in [-0.2, -0.15) is 0 Å². The number of hydrogen-bond acceptors (Lipinski definition) is 4. The van der Waals surface area contributed by atoms with Crippen LogP contribution in [0.1, 0.15) is 42.7 Å². The van der Waals surface area contributed by atoms with Gasteiger partial charge in [0.15, 0.2) is 0 Å². The molecule has 0 aliphatic carbocycles. The summed E-state index contributed by atoms with van der Waals surface area (Å²) in [5, 5.41) is 0. The Bertz CT molecular complexity index is 504. The van der Waals surface area contributed by atoms with E-state index in [1.54, 1.807) is 17.0 Å². The Morgan fingerprint density at radius 1 is 1.33 bits per heavy atom. The van der Waals surface area contributed by atoms with E-state index < -0.39 is 5.60 Å². The van der Waals surface area contributed by atoms with Crippen molar-refractivity contribution in [2.45, 2.75) is 32.4 Å². The third-order valence-corrected chi connectivity index (χ3v) is 3.21. The molecule has 1 fully saturated rings. The molecule has 1 aliphatic heterocycles. The number of benzene rings is 1. The van der Waals surface area contributed by atoms with Crippen LogP contribution in [0.2, 0.25) is 0 Å². The van der Waals surface area contributed by atoms with Crippen LogP contribution in [0.5, 0.6) is 0 Å². The van der Waals surface area contributed by atoms with Gasteiger partial charge in [-0.05, 0) is 26.3 Å². The summed E-state index contributed by atoms with van der Waals surface area (Å²) in [7, 11) is 0. The normalized spacial score (nSPS) is 19.2. The first kappa shape index (κ1) is 15.5. The number of ether oxygens (including phenoxy) is 2. The molecule has 0 aromatic heterocycles. The van der Waals surface area contributed by atoms with Gasteiger partial charge in [-0.25, -0.2) is 4.79 Å². The smallest absolute Gasteiger partial charge is 0.410 e. The number of carbonyl (C=O) groups excluding carboxylic acids is 2. The van der Waals surface area contributed by atoms with E-state index in [2.05, 4.69) is 0 Å². The minimum absolute atomic E-state index is 0.186. The Morgan fingerprint density at radius 2 is 2.00 bits per heavy atom. The number of aldehydes is 1. The average molecular weight is 291 g/mol. The van der Waals surface area contributed by atoms with E-state index >= 15 is 0 Å². The molecular weight excluding hydrogens is 270 g/mol. The molecule has 1 heterocycles. The summed E-state index contributed by atoms with van der Waals surface area (Å²) in [6.07, 6.45) is 0.461. The molecule has 114 valence electrons. The third-order valence-electron chi connectivity index (χ3n) is 3.21. The lowest BCUT2D eigenvalue weighted by molar-refractivity contribution is -0.0331. The minimum atomic E-state index is -0.526. The quantitative estimate of drug-likeness (QED) is 0.786. The predicted molar refractivity (Wildman–Crippen MR) is 78.3 cm³/mol. The zero-order valence-electron chi connectivity index (χ0n) is 12.7. The SMILES string of the molecule is CC(C)(C)OC(=O)N1CCOCC1c1ccc(C=O)cc1. The molecule has 1 saturated heterocycles. The van der Waals surface area contributed by atoms with E-state index in [0.29, 0.717) is 25.3 Å². The van der Waals surface area contributed by atoms with Crippen molar-refractivity contribution in [3.8, 4) is 0 Å². The van der Waals surface area contributed by atoms with Crippen LogP contribution in [0.3, 0.4) is 0 Å². The minimum Gasteiger partial charge on any atom is -0.444 e. The third kappa shape index (κ3) is 4.04. The van der Waals surface area contributed by atoms with Gasteiger partial charge >= 0.3 is 6.09 Å². The Balaban J connectivity index is 2.18. The van der Waals surface area contributed by atoms with Crippen molar-refractivity contribution in [3.63, 3.8) is 0 Å². The van der Waals surface area contributed by atoms with Gasteiger partial charge in [0, 0.05) is 12.1 Å². The average Bonchev–Trinajstić information content (AvgIpc) is 2.45. The summed E-state index contributed by atoms with van der Waals surface area (Å²) in [6.45, 7) is 6.97. The van der Waals surface area contributed by atoms with Crippen LogP contribution < -0.4 is 0 Å². The largest absolute Gasteiger partial charge is 0.444 e. The molecule has 1 aromatic rings. The highest BCUT2D eigenvalue weighted by atomic mass is 16.6. The number of rotatable bonds is 2. The van der Waals surface area contributed by atoms with Gasteiger partial charge < -0.3 is 9.47 Å². The van der Waals surface area contributed by atoms with Gasteiger partial charge in [0.05, 0.1) is 19.3 Å². The fourth-order valence-electron chi connectivity index (χ4n) is 2.22. The van der Waals surface area contributed by atoms with E-state index in [0.717, 1.165) is 11.8 Å². The van der Waals surface area contributed by atoms with Crippen LogP contribution in [0.25, 0.3) is 0 Å². The summed E-state index contributed by atoms with van der Waals surface area (Å²) in [4.78, 5) is 24.7. The highest BCUT2D eigenvalue weighted by Gasteiger charge is 2.31. The van der Waals surface area contributed by atoms with Gasteiger partial charge in [0.2, 0.25) is 0 Å². The van der Waals surface area contributed by atoms with Crippen molar-refractivity contribution in [3.05, 3.63) is 35.4 Å². The standard InChI is InChI=1S/C16H21NO4/c1-16(2,3)21-15(19)17-8-9-20-11-14(17)13-6-4-12(10-18)5-7-13/h4-7,10,14H,8-9,11H2,1-3H3. The zero-order chi connectivity index (χ0) is 15.5. The van der Waals surface area contributed by atoms with Crippen molar-refractivity contribution < 1.29 is 19.1 Å². The second-order valence-corrected chi connectivity index (χ2v) is 6.05. The number of amides is 1. The second-order valence-electron chi connectivity index (χ2n) is 6.05. The lowest BCUT2D eigenvalue weighted by atomic mass is 10.0. The lowest BCUT2D eigenvalue weighted by Crippen LogP contribution is -2.45. The lowest BCUT2D eigenvalue weighted by Gasteiger charge is -2.36. The summed E-state index contributed by atoms with van der Waals surface area (Å²) in [5.74, 6) is 0. The van der Waals surface area contributed by atoms with E-state index in [1.807, 2.05) is 32.9 Å². The van der Waals surface area contributed by atoms with Gasteiger partial charge in [0.25, 0.3) is 0 Å². The fourth-order valence-corrected chi connectivity index (χ4v) is 2.22. The van der Waals surface area contributed by atoms with Crippen molar-refractivity contribution >= 4 is 12.4 Å². The van der Waals surface area contributed by atoms with E-state index in [1.165, 1.54) is 0 Å². The zero-order valence-corrected chi connectivity index (χ0v) is 12.7. The molecule has 5 heteroatoms. The van der Waals surface area contributed by atoms with Crippen molar-refractivity contribution in [2.75, 3.05) is 19.8 Å². The Hall–Kier alpha value is -1.88. The molecule has 1 amide bonds. The first-order valence-corrected chi connectivity index (χ1v) is 7.03. The first-order chi connectivity index (χ1) is 9.90. The van der Waals surface area contributed by atoms with Crippen LogP contribution in [0, 0.1) is 0 Å². The highest BCUT2D eigenvalue weighted by Crippen LogP contribution is 2.26. The maximum Gasteiger partial charge on any atom is 0.410 e. The van der Waals surface area contributed by atoms with Crippen LogP contribution in [-0.4, -0.2) is 42.6 Å². The maximum absolute atomic E-state index is 12.3. The van der Waals surface area contributed by atoms with Crippen molar-refractivity contribution in [1.82, 2.24) is 4.90 Å². The molecule has 21 heavy (non-hydrogen) atoms. The highest BCUT2D eigenvalue weighted by molar-refractivity contribution is 5.74. The van der Waals surface area contributed by atoms with Crippen molar-refractivity contribution in [2.24, 2.45) is 0 Å². The van der Waals surface area contributed by atoms with Crippen LogP contribution in [0.15, 0.2) is 24.3 Å². The topological polar surface area (TPSA) is 55.8 Å². The molecule has 1 aliphatic rings. The van der Waals surface area contributed by atoms with Crippen LogP contribution in [0.4, 0.5) is 4.79 Å². The summed E-state index contributed by atoms with van der Waals surface area (Å²) in [5.41, 5.74) is 1.02. The fraction of sp³-hybridized carbons (Fsp3) is 0.500. The summed E-state index contributed by atoms with van der Waals surface area (Å²) < 4.78 is 10.9. The number of morpholine rings is 1. The first-order valence-electron chi connectivity index (χ1n) is 7.03. The van der Waals surface area contributed by atoms with E-state index in [4.69, 9.17) is 9.47 Å². The summed E-state index contributed by atoms with van der Waals surface area (Å²) in [6, 6.07) is 6.99. The molecule has 0 radical (unpaired) electrons. The molecule has 1 aromatic carbocycles. The number of carbonyl (C=O) groups is 2. The molecule has 0 N–H and O–H groups in total. The predicted octanol–water partition coefficient (Wildman–Crippen LogP) is 2.81. The number of nitrogens with zero attached hydrogens (tertiary/aromatic N) is 1. The second kappa shape index (κ2) is 6.26. The molecule has 0 bridgehead atoms. The Labute approximate surface area is 124 Å². The van der Waals surface area contributed by atoms with Gasteiger partial charge in [-0.3, -0.25) is 9.69 Å². The monoisotopic (exact) mass is 291 g/mol. The molecule has 0 saturated carbocycles. The Kier molecular flexibility index (Phi) is 4.63. The molecule has 1 atom stereocenters. The maximum atomic E-state index is 12.3. The molecular formula is C16H21NO4. The molecule has 2 rings (SSSR count). The van der Waals surface area contributed by atoms with E-state index in [9.17, 15) is 9.59 Å². The van der Waals surface area contributed by atoms with Crippen LogP contribution >= 0.6 is 0 Å². The summed E-state index contributed by atoms with van der Waals surface area (Å²) >= 11 is 0. The molecule has 5 nitrogen and oxygen atoms in total. The van der Waals surface area contributed by atoms with Crippen LogP contribution in [-0.2, 0) is 9.47 Å². The molecule has 1 unspecified atom stereocenters. The van der Waals surface area contributed by atoms with Gasteiger partial charge in [0.1, 0.15) is 11.9 Å². The van der Waals surface area contributed by atoms with E-state index in [-0.39, 0.29) is 12.1 Å². The van der Waals surface area contributed by atoms with Gasteiger partial charge in [-0.15, -0.1) is 0 Å². The number of hydrogen-bond donors (Lipinski definition) is 0. The van der Waals surface area contributed by atoms with Gasteiger partial charge in [-0.1, -0.05) is 24.3 Å². The molecule has 0 spiro atoms. The van der Waals surface area contributed by atoms with Crippen molar-refractivity contribution in [1.29, 1.82) is 0 Å². The Morgan fingerprint density at radius 3 is 2.57 bits per heavy atom.